The molecule has 3 rings (SSSR count). The van der Waals surface area contributed by atoms with Crippen LogP contribution in [-0.4, -0.2) is 24.4 Å². The summed E-state index contributed by atoms with van der Waals surface area (Å²) in [5.41, 5.74) is 1.20. The number of aliphatic hydroxyl groups is 1. The van der Waals surface area contributed by atoms with E-state index in [0.29, 0.717) is 30.0 Å². The highest BCUT2D eigenvalue weighted by Gasteiger charge is 2.16. The van der Waals surface area contributed by atoms with E-state index in [4.69, 9.17) is 13.9 Å². The fourth-order valence-electron chi connectivity index (χ4n) is 2.11. The maximum Gasteiger partial charge on any atom is 0.254 e. The highest BCUT2D eigenvalue weighted by atomic mass is 16.7. The molecular weight excluding hydrogens is 274 g/mol. The van der Waals surface area contributed by atoms with Gasteiger partial charge in [0.1, 0.15) is 6.26 Å². The standard InChI is InChI=1S/C15H15NO5/c17-12(3-5-16-15(18)11-4-6-19-8-11)10-1-2-13-14(7-10)21-9-20-13/h1-2,4,6-8,12,17H,3,5,9H2,(H,16,18)/t12-/m0/s1. The maximum atomic E-state index is 11.7. The monoisotopic (exact) mass is 289 g/mol. The number of fused-ring (bicyclic) bond motifs is 1. The van der Waals surface area contributed by atoms with Gasteiger partial charge in [-0.05, 0) is 30.2 Å². The summed E-state index contributed by atoms with van der Waals surface area (Å²) in [6, 6.07) is 6.90. The smallest absolute Gasteiger partial charge is 0.254 e. The molecule has 0 aliphatic carbocycles. The van der Waals surface area contributed by atoms with Gasteiger partial charge in [-0.15, -0.1) is 0 Å². The second kappa shape index (κ2) is 5.88. The first kappa shape index (κ1) is 13.5. The number of ether oxygens (including phenoxy) is 2. The summed E-state index contributed by atoms with van der Waals surface area (Å²) < 4.78 is 15.3. The van der Waals surface area contributed by atoms with Crippen LogP contribution in [0.1, 0.15) is 28.4 Å². The van der Waals surface area contributed by atoms with Gasteiger partial charge in [0.2, 0.25) is 6.79 Å². The first-order chi connectivity index (χ1) is 10.2. The molecule has 0 radical (unpaired) electrons. The highest BCUT2D eigenvalue weighted by molar-refractivity contribution is 5.93. The summed E-state index contributed by atoms with van der Waals surface area (Å²) in [5.74, 6) is 1.09. The average molecular weight is 289 g/mol. The molecule has 0 saturated carbocycles. The van der Waals surface area contributed by atoms with Crippen LogP contribution in [0, 0.1) is 0 Å². The fourth-order valence-corrected chi connectivity index (χ4v) is 2.11. The topological polar surface area (TPSA) is 80.9 Å². The Morgan fingerprint density at radius 3 is 2.95 bits per heavy atom. The number of hydrogen-bond acceptors (Lipinski definition) is 5. The third-order valence-electron chi connectivity index (χ3n) is 3.27. The quantitative estimate of drug-likeness (QED) is 0.878. The van der Waals surface area contributed by atoms with Gasteiger partial charge in [0.25, 0.3) is 5.91 Å². The van der Waals surface area contributed by atoms with Crippen molar-refractivity contribution in [3.63, 3.8) is 0 Å². The second-order valence-corrected chi connectivity index (χ2v) is 4.69. The Kier molecular flexibility index (Phi) is 3.79. The van der Waals surface area contributed by atoms with Crippen LogP contribution in [0.4, 0.5) is 0 Å². The predicted octanol–water partition coefficient (Wildman–Crippen LogP) is 1.86. The largest absolute Gasteiger partial charge is 0.472 e. The van der Waals surface area contributed by atoms with E-state index < -0.39 is 6.10 Å². The summed E-state index contributed by atoms with van der Waals surface area (Å²) >= 11 is 0. The minimum Gasteiger partial charge on any atom is -0.472 e. The van der Waals surface area contributed by atoms with Crippen LogP contribution in [-0.2, 0) is 0 Å². The number of rotatable bonds is 5. The van der Waals surface area contributed by atoms with Gasteiger partial charge < -0.3 is 24.3 Å². The van der Waals surface area contributed by atoms with Crippen molar-refractivity contribution in [2.45, 2.75) is 12.5 Å². The molecule has 0 spiro atoms. The molecule has 2 aromatic rings. The van der Waals surface area contributed by atoms with E-state index >= 15 is 0 Å². The molecule has 6 nitrogen and oxygen atoms in total. The van der Waals surface area contributed by atoms with Crippen molar-refractivity contribution in [3.05, 3.63) is 47.9 Å². The molecule has 1 amide bonds. The van der Waals surface area contributed by atoms with Crippen molar-refractivity contribution >= 4 is 5.91 Å². The lowest BCUT2D eigenvalue weighted by atomic mass is 10.1. The van der Waals surface area contributed by atoms with E-state index in [-0.39, 0.29) is 12.7 Å². The maximum absolute atomic E-state index is 11.7. The number of hydrogen-bond donors (Lipinski definition) is 2. The molecule has 0 bridgehead atoms. The number of amides is 1. The van der Waals surface area contributed by atoms with Crippen molar-refractivity contribution in [1.29, 1.82) is 0 Å². The predicted molar refractivity (Wildman–Crippen MR) is 73.2 cm³/mol. The minimum atomic E-state index is -0.677. The zero-order chi connectivity index (χ0) is 14.7. The van der Waals surface area contributed by atoms with Gasteiger partial charge >= 0.3 is 0 Å². The molecule has 1 aliphatic rings. The molecule has 110 valence electrons. The molecule has 0 fully saturated rings. The molecule has 1 aromatic heterocycles. The Balaban J connectivity index is 1.52. The Hall–Kier alpha value is -2.47. The molecule has 2 N–H and O–H groups in total. The van der Waals surface area contributed by atoms with Gasteiger partial charge in [-0.1, -0.05) is 6.07 Å². The Bertz CT molecular complexity index is 623. The van der Waals surface area contributed by atoms with E-state index in [1.165, 1.54) is 12.5 Å². The van der Waals surface area contributed by atoms with Gasteiger partial charge in [-0.2, -0.15) is 0 Å². The van der Waals surface area contributed by atoms with Gasteiger partial charge in [0, 0.05) is 6.54 Å². The SMILES string of the molecule is O=C(NCC[C@H](O)c1ccc2c(c1)OCO2)c1ccoc1. The molecule has 2 heterocycles. The Morgan fingerprint density at radius 2 is 2.14 bits per heavy atom. The van der Waals surface area contributed by atoms with Crippen molar-refractivity contribution < 1.29 is 23.8 Å². The lowest BCUT2D eigenvalue weighted by Crippen LogP contribution is -2.25. The number of carbonyl (C=O) groups excluding carboxylic acids is 1. The van der Waals surface area contributed by atoms with Gasteiger partial charge in [-0.3, -0.25) is 4.79 Å². The van der Waals surface area contributed by atoms with Gasteiger partial charge in [0.05, 0.1) is 17.9 Å². The molecule has 0 unspecified atom stereocenters. The molecule has 0 saturated heterocycles. The number of furan rings is 1. The van der Waals surface area contributed by atoms with Crippen LogP contribution in [0.2, 0.25) is 0 Å². The minimum absolute atomic E-state index is 0.204. The number of nitrogens with one attached hydrogen (secondary N) is 1. The molecule has 1 aromatic carbocycles. The van der Waals surface area contributed by atoms with Crippen LogP contribution in [0.5, 0.6) is 11.5 Å². The van der Waals surface area contributed by atoms with Gasteiger partial charge in [-0.25, -0.2) is 0 Å². The molecule has 1 atom stereocenters. The first-order valence-corrected chi connectivity index (χ1v) is 6.62. The zero-order valence-corrected chi connectivity index (χ0v) is 11.2. The van der Waals surface area contributed by atoms with Crippen molar-refractivity contribution in [3.8, 4) is 11.5 Å². The molecular formula is C15H15NO5. The van der Waals surface area contributed by atoms with Crippen molar-refractivity contribution in [2.24, 2.45) is 0 Å². The number of benzene rings is 1. The van der Waals surface area contributed by atoms with Crippen LogP contribution in [0.3, 0.4) is 0 Å². The van der Waals surface area contributed by atoms with Crippen LogP contribution in [0.15, 0.2) is 41.2 Å². The van der Waals surface area contributed by atoms with Gasteiger partial charge in [0.15, 0.2) is 11.5 Å². The molecule has 6 heteroatoms. The van der Waals surface area contributed by atoms with E-state index in [0.717, 1.165) is 5.56 Å². The lowest BCUT2D eigenvalue weighted by molar-refractivity contribution is 0.0942. The van der Waals surface area contributed by atoms with Crippen LogP contribution in [0.25, 0.3) is 0 Å². The Morgan fingerprint density at radius 1 is 1.29 bits per heavy atom. The van der Waals surface area contributed by atoms with E-state index in [9.17, 15) is 9.90 Å². The summed E-state index contributed by atoms with van der Waals surface area (Å²) in [6.45, 7) is 0.565. The fraction of sp³-hybridized carbons (Fsp3) is 0.267. The summed E-state index contributed by atoms with van der Waals surface area (Å²) in [4.78, 5) is 11.7. The zero-order valence-electron chi connectivity index (χ0n) is 11.2. The molecule has 21 heavy (non-hydrogen) atoms. The third-order valence-corrected chi connectivity index (χ3v) is 3.27. The van der Waals surface area contributed by atoms with E-state index in [1.807, 2.05) is 0 Å². The summed E-state index contributed by atoms with van der Waals surface area (Å²) in [7, 11) is 0. The highest BCUT2D eigenvalue weighted by Crippen LogP contribution is 2.34. The average Bonchev–Trinajstić information content (AvgIpc) is 3.17. The van der Waals surface area contributed by atoms with E-state index in [2.05, 4.69) is 5.32 Å². The normalized spacial score (nSPS) is 14.0. The number of aliphatic hydroxyl groups excluding tert-OH is 1. The van der Waals surface area contributed by atoms with Crippen LogP contribution < -0.4 is 14.8 Å². The van der Waals surface area contributed by atoms with E-state index in [1.54, 1.807) is 24.3 Å². The number of carbonyl (C=O) groups is 1. The first-order valence-electron chi connectivity index (χ1n) is 6.62. The molecule has 1 aliphatic heterocycles. The lowest BCUT2D eigenvalue weighted by Gasteiger charge is -2.12. The van der Waals surface area contributed by atoms with Crippen LogP contribution >= 0.6 is 0 Å². The van der Waals surface area contributed by atoms with Crippen molar-refractivity contribution in [2.75, 3.05) is 13.3 Å². The third kappa shape index (κ3) is 3.00. The van der Waals surface area contributed by atoms with Crippen molar-refractivity contribution in [1.82, 2.24) is 5.32 Å². The summed E-state index contributed by atoms with van der Waals surface area (Å²) in [5, 5.41) is 12.9. The Labute approximate surface area is 121 Å². The summed E-state index contributed by atoms with van der Waals surface area (Å²) in [6.07, 6.45) is 2.55. The second-order valence-electron chi connectivity index (χ2n) is 4.69.